The maximum Gasteiger partial charge on any atom is 0.273 e. The Morgan fingerprint density at radius 1 is 0.875 bits per heavy atom. The van der Waals surface area contributed by atoms with E-state index < -0.39 is 0 Å². The molecule has 32 heavy (non-hydrogen) atoms. The molecule has 4 aromatic rings. The van der Waals surface area contributed by atoms with Gasteiger partial charge in [-0.25, -0.2) is 13.8 Å². The minimum atomic E-state index is -0.340. The van der Waals surface area contributed by atoms with E-state index in [-0.39, 0.29) is 49.0 Å². The average molecular weight is 433 g/mol. The zero-order chi connectivity index (χ0) is 22.5. The second-order valence-corrected chi connectivity index (χ2v) is 7.47. The van der Waals surface area contributed by atoms with E-state index in [1.165, 1.54) is 24.3 Å². The first-order chi connectivity index (χ1) is 15.5. The molecule has 162 valence electrons. The number of rotatable bonds is 7. The van der Waals surface area contributed by atoms with Gasteiger partial charge in [0.05, 0.1) is 17.6 Å². The van der Waals surface area contributed by atoms with E-state index in [0.29, 0.717) is 16.7 Å². The smallest absolute Gasteiger partial charge is 0.273 e. The normalized spacial score (nSPS) is 10.9. The average Bonchev–Trinajstić information content (AvgIpc) is 2.80. The molecule has 0 spiro atoms. The van der Waals surface area contributed by atoms with Crippen molar-refractivity contribution in [3.8, 4) is 0 Å². The lowest BCUT2D eigenvalue weighted by atomic mass is 10.1. The molecule has 1 N–H and O–H groups in total. The molecule has 1 aromatic heterocycles. The molecular weight excluding hydrogens is 412 g/mol. The predicted molar refractivity (Wildman–Crippen MR) is 118 cm³/mol. The molecule has 0 saturated carbocycles. The molecule has 0 radical (unpaired) electrons. The lowest BCUT2D eigenvalue weighted by Gasteiger charge is -2.13. The monoisotopic (exact) mass is 433 g/mol. The highest BCUT2D eigenvalue weighted by Crippen LogP contribution is 2.13. The van der Waals surface area contributed by atoms with Crippen molar-refractivity contribution >= 4 is 16.9 Å². The number of hydrogen-bond donors (Lipinski definition) is 1. The van der Waals surface area contributed by atoms with Crippen LogP contribution in [0.4, 0.5) is 8.78 Å². The van der Waals surface area contributed by atoms with E-state index >= 15 is 0 Å². The van der Waals surface area contributed by atoms with E-state index in [2.05, 4.69) is 10.3 Å². The van der Waals surface area contributed by atoms with Gasteiger partial charge >= 0.3 is 0 Å². The van der Waals surface area contributed by atoms with Crippen LogP contribution >= 0.6 is 0 Å². The standard InChI is InChI=1S/C25H21F2N3O2/c26-19-9-5-17(6-10-19)15-28-24(31)14-13-22-25(32)30(16-18-7-11-20(27)12-8-18)23-4-2-1-3-21(23)29-22/h1-12H,13-16H2,(H,28,31). The molecule has 0 fully saturated rings. The Morgan fingerprint density at radius 3 is 2.19 bits per heavy atom. The molecule has 7 heteroatoms. The lowest BCUT2D eigenvalue weighted by Crippen LogP contribution is -2.28. The molecule has 0 atom stereocenters. The molecule has 3 aromatic carbocycles. The molecule has 1 amide bonds. The SMILES string of the molecule is O=C(CCc1nc2ccccc2n(Cc2ccc(F)cc2)c1=O)NCc1ccc(F)cc1. The van der Waals surface area contributed by atoms with Gasteiger partial charge in [0.1, 0.15) is 17.3 Å². The van der Waals surface area contributed by atoms with Gasteiger partial charge in [-0.15, -0.1) is 0 Å². The number of carbonyl (C=O) groups excluding carboxylic acids is 1. The van der Waals surface area contributed by atoms with Crippen LogP contribution in [0.25, 0.3) is 11.0 Å². The fraction of sp³-hybridized carbons (Fsp3) is 0.160. The summed E-state index contributed by atoms with van der Waals surface area (Å²) in [5.74, 6) is -0.902. The molecule has 0 bridgehead atoms. The number of fused-ring (bicyclic) bond motifs is 1. The van der Waals surface area contributed by atoms with Crippen LogP contribution in [0.1, 0.15) is 23.2 Å². The number of amides is 1. The third kappa shape index (κ3) is 5.06. The van der Waals surface area contributed by atoms with Gasteiger partial charge in [-0.2, -0.15) is 0 Å². The van der Waals surface area contributed by atoms with Crippen molar-refractivity contribution in [1.29, 1.82) is 0 Å². The first-order valence-electron chi connectivity index (χ1n) is 10.2. The lowest BCUT2D eigenvalue weighted by molar-refractivity contribution is -0.121. The van der Waals surface area contributed by atoms with Gasteiger partial charge in [0.15, 0.2) is 0 Å². The Bertz CT molecular complexity index is 1300. The number of carbonyl (C=O) groups is 1. The zero-order valence-electron chi connectivity index (χ0n) is 17.2. The minimum Gasteiger partial charge on any atom is -0.352 e. The molecular formula is C25H21F2N3O2. The van der Waals surface area contributed by atoms with Crippen LogP contribution in [0.3, 0.4) is 0 Å². The molecule has 0 aliphatic rings. The maximum atomic E-state index is 13.3. The summed E-state index contributed by atoms with van der Waals surface area (Å²) >= 11 is 0. The third-order valence-corrected chi connectivity index (χ3v) is 5.17. The number of nitrogens with zero attached hydrogens (tertiary/aromatic N) is 2. The van der Waals surface area contributed by atoms with E-state index in [0.717, 1.165) is 11.1 Å². The fourth-order valence-corrected chi connectivity index (χ4v) is 3.46. The first-order valence-corrected chi connectivity index (χ1v) is 10.2. The molecule has 0 aliphatic carbocycles. The second kappa shape index (κ2) is 9.51. The summed E-state index contributed by atoms with van der Waals surface area (Å²) in [6.07, 6.45) is 0.278. The van der Waals surface area contributed by atoms with E-state index in [1.807, 2.05) is 24.3 Å². The largest absolute Gasteiger partial charge is 0.352 e. The quantitative estimate of drug-likeness (QED) is 0.480. The van der Waals surface area contributed by atoms with Crippen LogP contribution in [-0.4, -0.2) is 15.5 Å². The number of aromatic nitrogens is 2. The van der Waals surface area contributed by atoms with Gasteiger partial charge in [0, 0.05) is 19.4 Å². The van der Waals surface area contributed by atoms with Gasteiger partial charge < -0.3 is 9.88 Å². The Labute approximate surface area is 183 Å². The van der Waals surface area contributed by atoms with Crippen LogP contribution < -0.4 is 10.9 Å². The Kier molecular flexibility index (Phi) is 6.35. The van der Waals surface area contributed by atoms with Gasteiger partial charge in [0.2, 0.25) is 5.91 Å². The number of halogens is 2. The van der Waals surface area contributed by atoms with Gasteiger partial charge in [0.25, 0.3) is 5.56 Å². The Morgan fingerprint density at radius 2 is 1.50 bits per heavy atom. The third-order valence-electron chi connectivity index (χ3n) is 5.17. The summed E-state index contributed by atoms with van der Waals surface area (Å²) in [6, 6.07) is 19.2. The van der Waals surface area contributed by atoms with Crippen molar-refractivity contribution in [1.82, 2.24) is 14.9 Å². The van der Waals surface area contributed by atoms with Gasteiger partial charge in [-0.3, -0.25) is 9.59 Å². The highest BCUT2D eigenvalue weighted by atomic mass is 19.1. The number of hydrogen-bond acceptors (Lipinski definition) is 3. The predicted octanol–water partition coefficient (Wildman–Crippen LogP) is 3.97. The minimum absolute atomic E-state index is 0.0956. The summed E-state index contributed by atoms with van der Waals surface area (Å²) in [5.41, 5.74) is 2.91. The molecule has 0 unspecified atom stereocenters. The summed E-state index contributed by atoms with van der Waals surface area (Å²) in [4.78, 5) is 29.9. The molecule has 5 nitrogen and oxygen atoms in total. The topological polar surface area (TPSA) is 64.0 Å². The van der Waals surface area contributed by atoms with Crippen LogP contribution in [0.2, 0.25) is 0 Å². The van der Waals surface area contributed by atoms with Crippen molar-refractivity contribution in [2.45, 2.75) is 25.9 Å². The zero-order valence-corrected chi connectivity index (χ0v) is 17.2. The highest BCUT2D eigenvalue weighted by molar-refractivity contribution is 5.77. The first kappa shape index (κ1) is 21.4. The fourth-order valence-electron chi connectivity index (χ4n) is 3.46. The summed E-state index contributed by atoms with van der Waals surface area (Å²) in [6.45, 7) is 0.547. The second-order valence-electron chi connectivity index (χ2n) is 7.47. The summed E-state index contributed by atoms with van der Waals surface area (Å²) < 4.78 is 27.8. The van der Waals surface area contributed by atoms with E-state index in [9.17, 15) is 18.4 Å². The van der Waals surface area contributed by atoms with Gasteiger partial charge in [-0.1, -0.05) is 36.4 Å². The van der Waals surface area contributed by atoms with E-state index in [4.69, 9.17) is 0 Å². The summed E-state index contributed by atoms with van der Waals surface area (Å²) in [5, 5.41) is 2.77. The number of benzene rings is 3. The molecule has 0 aliphatic heterocycles. The maximum absolute atomic E-state index is 13.3. The number of nitrogens with one attached hydrogen (secondary N) is 1. The van der Waals surface area contributed by atoms with Crippen molar-refractivity contribution < 1.29 is 13.6 Å². The number of aryl methyl sites for hydroxylation is 1. The van der Waals surface area contributed by atoms with Gasteiger partial charge in [-0.05, 0) is 47.5 Å². The van der Waals surface area contributed by atoms with Crippen LogP contribution in [0.5, 0.6) is 0 Å². The number of para-hydroxylation sites is 2. The molecule has 1 heterocycles. The van der Waals surface area contributed by atoms with Crippen molar-refractivity contribution in [3.63, 3.8) is 0 Å². The molecule has 4 rings (SSSR count). The van der Waals surface area contributed by atoms with E-state index in [1.54, 1.807) is 28.8 Å². The Hall–Kier alpha value is -3.87. The molecule has 0 saturated heterocycles. The van der Waals surface area contributed by atoms with Crippen LogP contribution in [-0.2, 0) is 24.3 Å². The van der Waals surface area contributed by atoms with Crippen molar-refractivity contribution in [3.05, 3.63) is 112 Å². The van der Waals surface area contributed by atoms with Crippen LogP contribution in [0.15, 0.2) is 77.6 Å². The highest BCUT2D eigenvalue weighted by Gasteiger charge is 2.13. The summed E-state index contributed by atoms with van der Waals surface area (Å²) in [7, 11) is 0. The van der Waals surface area contributed by atoms with Crippen molar-refractivity contribution in [2.75, 3.05) is 0 Å². The Balaban J connectivity index is 1.51. The van der Waals surface area contributed by atoms with Crippen molar-refractivity contribution in [2.24, 2.45) is 0 Å². The van der Waals surface area contributed by atoms with Crippen LogP contribution in [0, 0.1) is 11.6 Å².